The second kappa shape index (κ2) is 8.62. The number of amides is 2. The van der Waals surface area contributed by atoms with E-state index < -0.39 is 17.9 Å². The number of hydrogen-bond donors (Lipinski definition) is 2. The molecule has 27 heavy (non-hydrogen) atoms. The molecule has 1 heterocycles. The highest BCUT2D eigenvalue weighted by molar-refractivity contribution is 6.00. The number of halogens is 1. The molecule has 6 nitrogen and oxygen atoms in total. The van der Waals surface area contributed by atoms with E-state index in [0.29, 0.717) is 17.1 Å². The minimum absolute atomic E-state index is 0.0443. The number of nitrogens with one attached hydrogen (secondary N) is 2. The largest absolute Gasteiger partial charge is 0.360 e. The highest BCUT2D eigenvalue weighted by Gasteiger charge is 2.17. The van der Waals surface area contributed by atoms with Crippen molar-refractivity contribution in [2.24, 2.45) is 5.92 Å². The topological polar surface area (TPSA) is 84.2 Å². The summed E-state index contributed by atoms with van der Waals surface area (Å²) in [6.07, 6.45) is 1.45. The lowest BCUT2D eigenvalue weighted by atomic mass is 9.93. The van der Waals surface area contributed by atoms with Crippen LogP contribution in [0, 0.1) is 25.6 Å². The fraction of sp³-hybridized carbons (Fsp3) is 0.350. The lowest BCUT2D eigenvalue weighted by Crippen LogP contribution is -2.41. The Morgan fingerprint density at radius 2 is 1.89 bits per heavy atom. The molecule has 0 spiro atoms. The highest BCUT2D eigenvalue weighted by Crippen LogP contribution is 2.24. The Balaban J connectivity index is 2.09. The van der Waals surface area contributed by atoms with Crippen LogP contribution >= 0.6 is 0 Å². The van der Waals surface area contributed by atoms with Gasteiger partial charge in [0.2, 0.25) is 11.8 Å². The monoisotopic (exact) mass is 373 g/mol. The van der Waals surface area contributed by atoms with Gasteiger partial charge in [-0.2, -0.15) is 0 Å². The Kier molecular flexibility index (Phi) is 6.50. The molecule has 1 aromatic heterocycles. The number of carbonyl (C=O) groups is 2. The number of hydrogen-bond acceptors (Lipinski definition) is 4. The van der Waals surface area contributed by atoms with Crippen LogP contribution in [0.15, 0.2) is 34.9 Å². The van der Waals surface area contributed by atoms with Crippen LogP contribution in [0.3, 0.4) is 0 Å². The molecule has 1 unspecified atom stereocenters. The first-order valence-electron chi connectivity index (χ1n) is 8.70. The number of benzene rings is 1. The lowest BCUT2D eigenvalue weighted by Gasteiger charge is -2.15. The van der Waals surface area contributed by atoms with Gasteiger partial charge in [0.25, 0.3) is 0 Å². The normalized spacial score (nSPS) is 12.8. The van der Waals surface area contributed by atoms with Crippen LogP contribution < -0.4 is 10.6 Å². The molecule has 0 radical (unpaired) electrons. The molecule has 1 atom stereocenters. The van der Waals surface area contributed by atoms with Crippen LogP contribution in [0.25, 0.3) is 5.57 Å². The fourth-order valence-electron chi connectivity index (χ4n) is 2.53. The smallest absolute Gasteiger partial charge is 0.247 e. The van der Waals surface area contributed by atoms with E-state index in [-0.39, 0.29) is 11.7 Å². The Labute approximate surface area is 157 Å². The standard InChI is InChI=1S/C20H24FN3O3/c1-11(2)16(15-6-7-17(21)12(3)8-15)10-19(25)22-14(5)20(26)23-18-9-13(4)27-24-18/h6-11,14H,1-5H3,(H,22,25)(H,23,24,26)/b16-10+. The number of rotatable bonds is 6. The molecule has 2 N–H and O–H groups in total. The Morgan fingerprint density at radius 1 is 1.19 bits per heavy atom. The number of aryl methyl sites for hydroxylation is 2. The highest BCUT2D eigenvalue weighted by atomic mass is 19.1. The van der Waals surface area contributed by atoms with Crippen molar-refractivity contribution in [3.63, 3.8) is 0 Å². The summed E-state index contributed by atoms with van der Waals surface area (Å²) in [6.45, 7) is 8.85. The van der Waals surface area contributed by atoms with Crippen molar-refractivity contribution in [3.8, 4) is 0 Å². The van der Waals surface area contributed by atoms with E-state index in [1.165, 1.54) is 12.1 Å². The number of nitrogens with zero attached hydrogens (tertiary/aromatic N) is 1. The van der Waals surface area contributed by atoms with Gasteiger partial charge >= 0.3 is 0 Å². The van der Waals surface area contributed by atoms with E-state index in [1.54, 1.807) is 39.0 Å². The summed E-state index contributed by atoms with van der Waals surface area (Å²) in [7, 11) is 0. The van der Waals surface area contributed by atoms with Crippen LogP contribution in [0.4, 0.5) is 10.2 Å². The molecule has 0 saturated carbocycles. The maximum Gasteiger partial charge on any atom is 0.247 e. The van der Waals surface area contributed by atoms with Gasteiger partial charge in [-0.25, -0.2) is 4.39 Å². The van der Waals surface area contributed by atoms with Crippen LogP contribution in [-0.4, -0.2) is 23.0 Å². The molecule has 0 fully saturated rings. The minimum Gasteiger partial charge on any atom is -0.360 e. The van der Waals surface area contributed by atoms with E-state index in [2.05, 4.69) is 15.8 Å². The Bertz CT molecular complexity index is 871. The van der Waals surface area contributed by atoms with Gasteiger partial charge in [-0.3, -0.25) is 9.59 Å². The predicted octanol–water partition coefficient (Wildman–Crippen LogP) is 3.61. The third-order valence-electron chi connectivity index (χ3n) is 4.03. The van der Waals surface area contributed by atoms with E-state index >= 15 is 0 Å². The minimum atomic E-state index is -0.769. The van der Waals surface area contributed by atoms with Gasteiger partial charge in [-0.15, -0.1) is 0 Å². The molecule has 2 aromatic rings. The van der Waals surface area contributed by atoms with Gasteiger partial charge < -0.3 is 15.2 Å². The first-order valence-corrected chi connectivity index (χ1v) is 8.70. The SMILES string of the molecule is Cc1cc(NC(=O)C(C)NC(=O)/C=C(/c2ccc(F)c(C)c2)C(C)C)no1. The zero-order valence-electron chi connectivity index (χ0n) is 16.1. The van der Waals surface area contributed by atoms with Crippen molar-refractivity contribution < 1.29 is 18.5 Å². The molecule has 2 amide bonds. The van der Waals surface area contributed by atoms with Crippen molar-refractivity contribution >= 4 is 23.2 Å². The Morgan fingerprint density at radius 3 is 2.44 bits per heavy atom. The van der Waals surface area contributed by atoms with Crippen LogP contribution in [-0.2, 0) is 9.59 Å². The zero-order valence-corrected chi connectivity index (χ0v) is 16.1. The van der Waals surface area contributed by atoms with Gasteiger partial charge in [0.05, 0.1) is 0 Å². The van der Waals surface area contributed by atoms with Gasteiger partial charge in [0, 0.05) is 12.1 Å². The molecule has 0 aliphatic rings. The quantitative estimate of drug-likeness (QED) is 0.758. The predicted molar refractivity (Wildman–Crippen MR) is 101 cm³/mol. The molecule has 0 aliphatic heterocycles. The van der Waals surface area contributed by atoms with E-state index in [1.807, 2.05) is 13.8 Å². The molecule has 0 bridgehead atoms. The number of aromatic nitrogens is 1. The number of anilines is 1. The number of allylic oxidation sites excluding steroid dienone is 1. The summed E-state index contributed by atoms with van der Waals surface area (Å²) in [5.41, 5.74) is 2.04. The number of carbonyl (C=O) groups excluding carboxylic acids is 2. The van der Waals surface area contributed by atoms with Crippen molar-refractivity contribution in [1.29, 1.82) is 0 Å². The molecule has 144 valence electrons. The van der Waals surface area contributed by atoms with E-state index in [9.17, 15) is 14.0 Å². The van der Waals surface area contributed by atoms with Crippen molar-refractivity contribution in [1.82, 2.24) is 10.5 Å². The van der Waals surface area contributed by atoms with E-state index in [0.717, 1.165) is 11.1 Å². The molecule has 2 rings (SSSR count). The summed E-state index contributed by atoms with van der Waals surface area (Å²) in [5, 5.41) is 8.88. The molecular weight excluding hydrogens is 349 g/mol. The van der Waals surface area contributed by atoms with Crippen molar-refractivity contribution in [3.05, 3.63) is 53.0 Å². The van der Waals surface area contributed by atoms with Gasteiger partial charge in [-0.05, 0) is 55.5 Å². The summed E-state index contributed by atoms with van der Waals surface area (Å²) >= 11 is 0. The van der Waals surface area contributed by atoms with Gasteiger partial charge in [-0.1, -0.05) is 25.1 Å². The zero-order chi connectivity index (χ0) is 20.1. The average Bonchev–Trinajstić information content (AvgIpc) is 2.99. The molecule has 7 heteroatoms. The average molecular weight is 373 g/mol. The van der Waals surface area contributed by atoms with Crippen LogP contribution in [0.1, 0.15) is 37.7 Å². The van der Waals surface area contributed by atoms with Crippen molar-refractivity contribution in [2.45, 2.75) is 40.7 Å². The summed E-state index contributed by atoms with van der Waals surface area (Å²) in [5.74, 6) is -0.198. The summed E-state index contributed by atoms with van der Waals surface area (Å²) < 4.78 is 18.4. The molecule has 0 aliphatic carbocycles. The van der Waals surface area contributed by atoms with Crippen LogP contribution in [0.2, 0.25) is 0 Å². The van der Waals surface area contributed by atoms with Gasteiger partial charge in [0.1, 0.15) is 17.6 Å². The Hall–Kier alpha value is -2.96. The molecular formula is C20H24FN3O3. The van der Waals surface area contributed by atoms with Gasteiger partial charge in [0.15, 0.2) is 5.82 Å². The summed E-state index contributed by atoms with van der Waals surface area (Å²) in [4.78, 5) is 24.5. The second-order valence-electron chi connectivity index (χ2n) is 6.76. The molecule has 1 aromatic carbocycles. The maximum atomic E-state index is 13.5. The lowest BCUT2D eigenvalue weighted by molar-refractivity contribution is -0.123. The molecule has 0 saturated heterocycles. The first kappa shape index (κ1) is 20.4. The third-order valence-corrected chi connectivity index (χ3v) is 4.03. The van der Waals surface area contributed by atoms with E-state index in [4.69, 9.17) is 4.52 Å². The second-order valence-corrected chi connectivity index (χ2v) is 6.76. The summed E-state index contributed by atoms with van der Waals surface area (Å²) in [6, 6.07) is 5.55. The first-order chi connectivity index (χ1) is 12.7. The third kappa shape index (κ3) is 5.51. The van der Waals surface area contributed by atoms with Crippen molar-refractivity contribution in [2.75, 3.05) is 5.32 Å². The fourth-order valence-corrected chi connectivity index (χ4v) is 2.53. The van der Waals surface area contributed by atoms with Crippen LogP contribution in [0.5, 0.6) is 0 Å². The maximum absolute atomic E-state index is 13.5.